The number of ether oxygens (including phenoxy) is 4. The topological polar surface area (TPSA) is 105 Å². The molecule has 0 unspecified atom stereocenters. The second kappa shape index (κ2) is 15.2. The summed E-state index contributed by atoms with van der Waals surface area (Å²) in [4.78, 5) is 50.1. The van der Waals surface area contributed by atoms with Crippen molar-refractivity contribution in [3.8, 4) is 23.0 Å². The summed E-state index contributed by atoms with van der Waals surface area (Å²) in [5, 5.41) is 0. The van der Waals surface area contributed by atoms with Gasteiger partial charge in [-0.1, -0.05) is 74.5 Å². The van der Waals surface area contributed by atoms with E-state index < -0.39 is 29.3 Å². The highest BCUT2D eigenvalue weighted by Gasteiger charge is 2.24. The van der Waals surface area contributed by atoms with Crippen LogP contribution in [-0.2, 0) is 5.41 Å². The van der Waals surface area contributed by atoms with E-state index in [0.717, 1.165) is 11.1 Å². The highest BCUT2D eigenvalue weighted by atomic mass is 16.5. The molecule has 0 amide bonds. The zero-order valence-electron chi connectivity index (χ0n) is 27.8. The molecule has 0 bridgehead atoms. The first-order chi connectivity index (χ1) is 24.7. The molecule has 6 rings (SSSR count). The lowest BCUT2D eigenvalue weighted by Crippen LogP contribution is -2.19. The fourth-order valence-corrected chi connectivity index (χ4v) is 5.18. The van der Waals surface area contributed by atoms with Crippen molar-refractivity contribution in [3.63, 3.8) is 0 Å². The summed E-state index contributed by atoms with van der Waals surface area (Å²) >= 11 is 0. The predicted octanol–water partition coefficient (Wildman–Crippen LogP) is 8.89. The van der Waals surface area contributed by atoms with Crippen molar-refractivity contribution >= 4 is 23.9 Å². The van der Waals surface area contributed by atoms with E-state index in [1.807, 2.05) is 36.4 Å². The van der Waals surface area contributed by atoms with Crippen LogP contribution in [0.15, 0.2) is 158 Å². The van der Waals surface area contributed by atoms with Gasteiger partial charge < -0.3 is 18.9 Å². The van der Waals surface area contributed by atoms with Gasteiger partial charge in [-0.05, 0) is 108 Å². The molecule has 0 spiro atoms. The third kappa shape index (κ3) is 8.44. The Balaban J connectivity index is 1.02. The molecule has 0 saturated heterocycles. The molecule has 0 aromatic heterocycles. The first-order valence-corrected chi connectivity index (χ1v) is 16.1. The van der Waals surface area contributed by atoms with Crippen molar-refractivity contribution in [2.24, 2.45) is 0 Å². The van der Waals surface area contributed by atoms with Gasteiger partial charge in [0.2, 0.25) is 0 Å². The van der Waals surface area contributed by atoms with Crippen molar-refractivity contribution in [2.75, 3.05) is 0 Å². The molecule has 6 aromatic carbocycles. The monoisotopic (exact) mass is 676 g/mol. The van der Waals surface area contributed by atoms with Crippen LogP contribution in [-0.4, -0.2) is 23.9 Å². The molecule has 51 heavy (non-hydrogen) atoms. The largest absolute Gasteiger partial charge is 0.423 e. The molecule has 0 fully saturated rings. The Morgan fingerprint density at radius 2 is 0.569 bits per heavy atom. The maximum atomic E-state index is 12.8. The summed E-state index contributed by atoms with van der Waals surface area (Å²) in [6.07, 6.45) is 0. The summed E-state index contributed by atoms with van der Waals surface area (Å²) in [5.41, 5.74) is 3.00. The standard InChI is InChI=1S/C43H32O8/c1-43(2,33-17-25-37(26-18-33)50-41(46)31-13-21-35(22-14-31)48-39(44)29-9-5-3-6-10-29)34-19-27-38(28-20-34)51-42(47)32-15-23-36(24-16-32)49-40(45)30-11-7-4-8-12-30/h3-28H,1-2H3. The molecule has 8 nitrogen and oxygen atoms in total. The van der Waals surface area contributed by atoms with E-state index in [4.69, 9.17) is 18.9 Å². The molecule has 252 valence electrons. The molecule has 0 aliphatic rings. The van der Waals surface area contributed by atoms with Gasteiger partial charge in [0, 0.05) is 5.41 Å². The van der Waals surface area contributed by atoms with Gasteiger partial charge in [-0.3, -0.25) is 0 Å². The average Bonchev–Trinajstić information content (AvgIpc) is 3.16. The molecule has 0 heterocycles. The fraction of sp³-hybridized carbons (Fsp3) is 0.0698. The average molecular weight is 677 g/mol. The molecular formula is C43H32O8. The van der Waals surface area contributed by atoms with Crippen molar-refractivity contribution in [3.05, 3.63) is 191 Å². The van der Waals surface area contributed by atoms with Crippen LogP contribution >= 0.6 is 0 Å². The van der Waals surface area contributed by atoms with Gasteiger partial charge in [-0.25, -0.2) is 19.2 Å². The highest BCUT2D eigenvalue weighted by Crippen LogP contribution is 2.33. The van der Waals surface area contributed by atoms with E-state index in [1.165, 1.54) is 24.3 Å². The SMILES string of the molecule is CC(C)(c1ccc(OC(=O)c2ccc(OC(=O)c3ccccc3)cc2)cc1)c1ccc(OC(=O)c2ccc(OC(=O)c3ccccc3)cc2)cc1. The molecule has 0 aliphatic carbocycles. The lowest BCUT2D eigenvalue weighted by atomic mass is 9.78. The van der Waals surface area contributed by atoms with E-state index in [9.17, 15) is 19.2 Å². The molecule has 6 aromatic rings. The van der Waals surface area contributed by atoms with Crippen LogP contribution in [0.2, 0.25) is 0 Å². The van der Waals surface area contributed by atoms with Crippen molar-refractivity contribution < 1.29 is 38.1 Å². The minimum atomic E-state index is -0.546. The first kappa shape index (κ1) is 34.1. The minimum absolute atomic E-state index is 0.307. The number of hydrogen-bond donors (Lipinski definition) is 0. The first-order valence-electron chi connectivity index (χ1n) is 16.1. The molecular weight excluding hydrogens is 644 g/mol. The lowest BCUT2D eigenvalue weighted by Gasteiger charge is -2.26. The van der Waals surface area contributed by atoms with Gasteiger partial charge >= 0.3 is 23.9 Å². The zero-order valence-corrected chi connectivity index (χ0v) is 27.8. The van der Waals surface area contributed by atoms with E-state index in [-0.39, 0.29) is 0 Å². The maximum Gasteiger partial charge on any atom is 0.343 e. The number of benzene rings is 6. The number of rotatable bonds is 10. The zero-order chi connectivity index (χ0) is 35.8. The smallest absolute Gasteiger partial charge is 0.343 e. The highest BCUT2D eigenvalue weighted by molar-refractivity contribution is 5.93. The third-order valence-electron chi connectivity index (χ3n) is 8.19. The Kier molecular flexibility index (Phi) is 10.1. The minimum Gasteiger partial charge on any atom is -0.423 e. The third-order valence-corrected chi connectivity index (χ3v) is 8.19. The van der Waals surface area contributed by atoms with E-state index in [2.05, 4.69) is 13.8 Å². The van der Waals surface area contributed by atoms with Crippen LogP contribution in [0.4, 0.5) is 0 Å². The molecule has 8 heteroatoms. The van der Waals surface area contributed by atoms with E-state index in [0.29, 0.717) is 45.3 Å². The van der Waals surface area contributed by atoms with Crippen LogP contribution in [0.1, 0.15) is 66.4 Å². The summed E-state index contributed by atoms with van der Waals surface area (Å²) < 4.78 is 21.9. The van der Waals surface area contributed by atoms with Crippen LogP contribution in [0.25, 0.3) is 0 Å². The summed E-state index contributed by atoms with van der Waals surface area (Å²) in [7, 11) is 0. The molecule has 0 aliphatic heterocycles. The Hall–Kier alpha value is -6.80. The van der Waals surface area contributed by atoms with Crippen LogP contribution in [0, 0.1) is 0 Å². The van der Waals surface area contributed by atoms with Gasteiger partial charge in [-0.15, -0.1) is 0 Å². The second-order valence-electron chi connectivity index (χ2n) is 12.0. The van der Waals surface area contributed by atoms with E-state index in [1.54, 1.807) is 97.1 Å². The molecule has 0 radical (unpaired) electrons. The number of esters is 4. The summed E-state index contributed by atoms with van der Waals surface area (Å²) in [6, 6.07) is 44.1. The Bertz CT molecular complexity index is 1980. The quantitative estimate of drug-likeness (QED) is 0.105. The predicted molar refractivity (Wildman–Crippen MR) is 191 cm³/mol. The Morgan fingerprint density at radius 3 is 0.843 bits per heavy atom. The molecule has 0 N–H and O–H groups in total. The molecule has 0 saturated carbocycles. The fourth-order valence-electron chi connectivity index (χ4n) is 5.18. The Labute approximate surface area is 294 Å². The van der Waals surface area contributed by atoms with Crippen molar-refractivity contribution in [1.82, 2.24) is 0 Å². The van der Waals surface area contributed by atoms with Gasteiger partial charge in [0.25, 0.3) is 0 Å². The van der Waals surface area contributed by atoms with Crippen molar-refractivity contribution in [1.29, 1.82) is 0 Å². The number of carbonyl (C=O) groups excluding carboxylic acids is 4. The van der Waals surface area contributed by atoms with Gasteiger partial charge in [0.15, 0.2) is 0 Å². The Morgan fingerprint density at radius 1 is 0.333 bits per heavy atom. The van der Waals surface area contributed by atoms with Crippen LogP contribution in [0.3, 0.4) is 0 Å². The van der Waals surface area contributed by atoms with E-state index >= 15 is 0 Å². The number of carbonyl (C=O) groups is 4. The maximum absolute atomic E-state index is 12.8. The van der Waals surface area contributed by atoms with Crippen molar-refractivity contribution in [2.45, 2.75) is 19.3 Å². The van der Waals surface area contributed by atoms with Gasteiger partial charge in [-0.2, -0.15) is 0 Å². The van der Waals surface area contributed by atoms with Crippen LogP contribution < -0.4 is 18.9 Å². The normalized spacial score (nSPS) is 10.9. The van der Waals surface area contributed by atoms with Gasteiger partial charge in [0.1, 0.15) is 23.0 Å². The second-order valence-corrected chi connectivity index (χ2v) is 12.0. The molecule has 0 atom stereocenters. The number of hydrogen-bond acceptors (Lipinski definition) is 8. The summed E-state index contributed by atoms with van der Waals surface area (Å²) in [6.45, 7) is 4.13. The van der Waals surface area contributed by atoms with Gasteiger partial charge in [0.05, 0.1) is 22.3 Å². The lowest BCUT2D eigenvalue weighted by molar-refractivity contribution is 0.0720. The van der Waals surface area contributed by atoms with Crippen LogP contribution in [0.5, 0.6) is 23.0 Å². The summed E-state index contributed by atoms with van der Waals surface area (Å²) in [5.74, 6) is -0.684.